The summed E-state index contributed by atoms with van der Waals surface area (Å²) in [5.41, 5.74) is 1.59. The number of piperazine rings is 1. The third-order valence-corrected chi connectivity index (χ3v) is 7.64. The van der Waals surface area contributed by atoms with Gasteiger partial charge in [-0.15, -0.1) is 0 Å². The number of ether oxygens (including phenoxy) is 1. The number of hydrogen-bond donors (Lipinski definition) is 2. The number of aromatic amines is 1. The number of aromatic nitrogens is 1. The first kappa shape index (κ1) is 19.2. The van der Waals surface area contributed by atoms with Gasteiger partial charge in [0.05, 0.1) is 18.6 Å². The van der Waals surface area contributed by atoms with Crippen LogP contribution < -0.4 is 4.74 Å². The standard InChI is InChI=1S/C19H25N3O5S/c1-27-14-2-3-17-15(10-14)16(11-20-17)18(19(23)24)22-7-5-21(6-8-22)13-4-9-28(25,26)12-13/h2-3,10-11,13,18,20H,4-9,12H2,1H3,(H,23,24)/t13-,18-/m0/s1. The van der Waals surface area contributed by atoms with Crippen molar-refractivity contribution in [3.63, 3.8) is 0 Å². The average molecular weight is 407 g/mol. The van der Waals surface area contributed by atoms with Gasteiger partial charge in [-0.1, -0.05) is 0 Å². The van der Waals surface area contributed by atoms with Crippen molar-refractivity contribution in [1.29, 1.82) is 0 Å². The second-order valence-electron chi connectivity index (χ2n) is 7.53. The van der Waals surface area contributed by atoms with Gasteiger partial charge in [-0.05, 0) is 24.6 Å². The molecule has 0 unspecified atom stereocenters. The molecule has 8 nitrogen and oxygen atoms in total. The molecule has 2 aliphatic rings. The number of benzene rings is 1. The second-order valence-corrected chi connectivity index (χ2v) is 9.75. The molecule has 1 aromatic carbocycles. The Labute approximate surface area is 164 Å². The first-order chi connectivity index (χ1) is 13.4. The maximum absolute atomic E-state index is 12.1. The summed E-state index contributed by atoms with van der Waals surface area (Å²) in [6.45, 7) is 2.53. The molecule has 9 heteroatoms. The molecule has 2 saturated heterocycles. The van der Waals surface area contributed by atoms with Gasteiger partial charge in [0, 0.05) is 54.9 Å². The molecule has 4 rings (SSSR count). The lowest BCUT2D eigenvalue weighted by Crippen LogP contribution is -2.52. The Morgan fingerprint density at radius 3 is 2.64 bits per heavy atom. The van der Waals surface area contributed by atoms with Crippen LogP contribution in [0.25, 0.3) is 10.9 Å². The number of nitrogens with zero attached hydrogens (tertiary/aromatic N) is 2. The van der Waals surface area contributed by atoms with Crippen molar-refractivity contribution >= 4 is 26.7 Å². The van der Waals surface area contributed by atoms with Gasteiger partial charge < -0.3 is 14.8 Å². The third-order valence-electron chi connectivity index (χ3n) is 5.89. The molecule has 28 heavy (non-hydrogen) atoms. The first-order valence-electron chi connectivity index (χ1n) is 9.44. The van der Waals surface area contributed by atoms with Crippen LogP contribution in [0.1, 0.15) is 18.0 Å². The summed E-state index contributed by atoms with van der Waals surface area (Å²) in [5.74, 6) is 0.273. The maximum atomic E-state index is 12.1. The number of rotatable bonds is 5. The van der Waals surface area contributed by atoms with E-state index in [0.29, 0.717) is 38.3 Å². The summed E-state index contributed by atoms with van der Waals surface area (Å²) in [5, 5.41) is 10.8. The Hall–Kier alpha value is -2.10. The van der Waals surface area contributed by atoms with Crippen LogP contribution in [0, 0.1) is 0 Å². The van der Waals surface area contributed by atoms with E-state index in [2.05, 4.69) is 9.88 Å². The molecule has 0 bridgehead atoms. The molecule has 2 fully saturated rings. The Balaban J connectivity index is 1.53. The number of nitrogens with one attached hydrogen (secondary N) is 1. The minimum absolute atomic E-state index is 0.0628. The first-order valence-corrected chi connectivity index (χ1v) is 11.3. The summed E-state index contributed by atoms with van der Waals surface area (Å²) in [6, 6.07) is 4.89. The third kappa shape index (κ3) is 3.61. The molecule has 0 saturated carbocycles. The summed E-state index contributed by atoms with van der Waals surface area (Å²) in [4.78, 5) is 19.4. The highest BCUT2D eigenvalue weighted by Crippen LogP contribution is 2.32. The van der Waals surface area contributed by atoms with E-state index < -0.39 is 21.8 Å². The van der Waals surface area contributed by atoms with E-state index in [1.165, 1.54) is 0 Å². The van der Waals surface area contributed by atoms with E-state index >= 15 is 0 Å². The zero-order valence-corrected chi connectivity index (χ0v) is 16.6. The minimum atomic E-state index is -2.92. The zero-order valence-electron chi connectivity index (χ0n) is 15.8. The largest absolute Gasteiger partial charge is 0.497 e. The van der Waals surface area contributed by atoms with Crippen LogP contribution in [0.15, 0.2) is 24.4 Å². The smallest absolute Gasteiger partial charge is 0.325 e. The van der Waals surface area contributed by atoms with Crippen LogP contribution in [0.2, 0.25) is 0 Å². The molecule has 2 aromatic rings. The van der Waals surface area contributed by atoms with Gasteiger partial charge in [-0.2, -0.15) is 0 Å². The van der Waals surface area contributed by atoms with E-state index in [4.69, 9.17) is 4.74 Å². The van der Waals surface area contributed by atoms with E-state index in [-0.39, 0.29) is 17.5 Å². The molecule has 1 aromatic heterocycles. The van der Waals surface area contributed by atoms with Crippen LogP contribution in [0.4, 0.5) is 0 Å². The molecule has 0 aliphatic carbocycles. The average Bonchev–Trinajstić information content (AvgIpc) is 3.25. The molecular weight excluding hydrogens is 382 g/mol. The second kappa shape index (κ2) is 7.38. The molecular formula is C19H25N3O5S. The van der Waals surface area contributed by atoms with Crippen molar-refractivity contribution in [2.45, 2.75) is 18.5 Å². The SMILES string of the molecule is COc1ccc2[nH]cc([C@@H](C(=O)O)N3CCN([C@H]4CCS(=O)(=O)C4)CC3)c2c1. The normalized spacial score (nSPS) is 24.4. The van der Waals surface area contributed by atoms with E-state index in [9.17, 15) is 18.3 Å². The molecule has 152 valence electrons. The van der Waals surface area contributed by atoms with Gasteiger partial charge in [0.25, 0.3) is 0 Å². The van der Waals surface area contributed by atoms with Crippen LogP contribution in [-0.2, 0) is 14.6 Å². The maximum Gasteiger partial charge on any atom is 0.325 e. The fraction of sp³-hybridized carbons (Fsp3) is 0.526. The molecule has 2 N–H and O–H groups in total. The number of hydrogen-bond acceptors (Lipinski definition) is 6. The summed E-state index contributed by atoms with van der Waals surface area (Å²) in [6.07, 6.45) is 2.44. The van der Waals surface area contributed by atoms with Gasteiger partial charge in [0.1, 0.15) is 11.8 Å². The van der Waals surface area contributed by atoms with Crippen molar-refractivity contribution < 1.29 is 23.1 Å². The van der Waals surface area contributed by atoms with Crippen molar-refractivity contribution in [2.24, 2.45) is 0 Å². The Bertz CT molecular complexity index is 979. The van der Waals surface area contributed by atoms with Gasteiger partial charge >= 0.3 is 5.97 Å². The van der Waals surface area contributed by atoms with Gasteiger partial charge in [0.2, 0.25) is 0 Å². The highest BCUT2D eigenvalue weighted by Gasteiger charge is 2.37. The molecule has 0 radical (unpaired) electrons. The Morgan fingerprint density at radius 2 is 2.04 bits per heavy atom. The lowest BCUT2D eigenvalue weighted by molar-refractivity contribution is -0.144. The van der Waals surface area contributed by atoms with Gasteiger partial charge in [-0.3, -0.25) is 14.6 Å². The van der Waals surface area contributed by atoms with E-state index in [0.717, 1.165) is 16.5 Å². The number of methoxy groups -OCH3 is 1. The van der Waals surface area contributed by atoms with E-state index in [1.807, 2.05) is 23.1 Å². The van der Waals surface area contributed by atoms with Crippen LogP contribution in [-0.4, -0.2) is 85.1 Å². The predicted octanol–water partition coefficient (Wildman–Crippen LogP) is 1.11. The highest BCUT2D eigenvalue weighted by atomic mass is 32.2. The van der Waals surface area contributed by atoms with Crippen molar-refractivity contribution in [3.8, 4) is 5.75 Å². The fourth-order valence-electron chi connectivity index (χ4n) is 4.38. The lowest BCUT2D eigenvalue weighted by Gasteiger charge is -2.39. The summed E-state index contributed by atoms with van der Waals surface area (Å²) in [7, 11) is -1.33. The predicted molar refractivity (Wildman–Crippen MR) is 105 cm³/mol. The van der Waals surface area contributed by atoms with E-state index in [1.54, 1.807) is 13.3 Å². The number of aliphatic carboxylic acids is 1. The quantitative estimate of drug-likeness (QED) is 0.765. The molecule has 3 heterocycles. The number of sulfone groups is 1. The number of carboxylic acids is 1. The van der Waals surface area contributed by atoms with Crippen LogP contribution in [0.3, 0.4) is 0 Å². The number of fused-ring (bicyclic) bond motifs is 1. The monoisotopic (exact) mass is 407 g/mol. The summed E-state index contributed by atoms with van der Waals surface area (Å²) < 4.78 is 28.8. The van der Waals surface area contributed by atoms with Crippen molar-refractivity contribution in [1.82, 2.24) is 14.8 Å². The highest BCUT2D eigenvalue weighted by molar-refractivity contribution is 7.91. The molecule has 2 atom stereocenters. The molecule has 0 amide bonds. The topological polar surface area (TPSA) is 103 Å². The minimum Gasteiger partial charge on any atom is -0.497 e. The fourth-order valence-corrected chi connectivity index (χ4v) is 6.15. The number of carbonyl (C=O) groups is 1. The molecule has 0 spiro atoms. The Kier molecular flexibility index (Phi) is 5.07. The summed E-state index contributed by atoms with van der Waals surface area (Å²) >= 11 is 0. The van der Waals surface area contributed by atoms with Crippen molar-refractivity contribution in [3.05, 3.63) is 30.0 Å². The lowest BCUT2D eigenvalue weighted by atomic mass is 10.0. The number of H-pyrrole nitrogens is 1. The zero-order chi connectivity index (χ0) is 19.9. The molecule has 2 aliphatic heterocycles. The number of carboxylic acid groups (broad SMARTS) is 1. The van der Waals surface area contributed by atoms with Crippen LogP contribution >= 0.6 is 0 Å². The van der Waals surface area contributed by atoms with Crippen LogP contribution in [0.5, 0.6) is 5.75 Å². The van der Waals surface area contributed by atoms with Gasteiger partial charge in [0.15, 0.2) is 9.84 Å². The van der Waals surface area contributed by atoms with Gasteiger partial charge in [-0.25, -0.2) is 8.42 Å². The Morgan fingerprint density at radius 1 is 1.29 bits per heavy atom. The van der Waals surface area contributed by atoms with Crippen molar-refractivity contribution in [2.75, 3.05) is 44.8 Å².